The maximum atomic E-state index is 12.4. The highest BCUT2D eigenvalue weighted by Crippen LogP contribution is 2.32. The summed E-state index contributed by atoms with van der Waals surface area (Å²) in [6, 6.07) is 11.4. The topological polar surface area (TPSA) is 84.0 Å². The number of hydrogen-bond acceptors (Lipinski definition) is 6. The highest BCUT2D eigenvalue weighted by molar-refractivity contribution is 8.00. The minimum Gasteiger partial charge on any atom is -0.335 e. The van der Waals surface area contributed by atoms with Gasteiger partial charge in [-0.25, -0.2) is 14.8 Å². The van der Waals surface area contributed by atoms with Crippen LogP contribution >= 0.6 is 23.1 Å². The molecule has 2 heterocycles. The minimum absolute atomic E-state index is 0.208. The molecule has 0 bridgehead atoms. The summed E-state index contributed by atoms with van der Waals surface area (Å²) in [5.74, 6) is 0.309. The second kappa shape index (κ2) is 7.66. The number of thiophene rings is 1. The molecular weight excluding hydrogens is 380 g/mol. The predicted octanol–water partition coefficient (Wildman–Crippen LogP) is 3.83. The standard InChI is InChI=1S/C19H18N4O2S2/c1-11(17(24)23-19(25)20-12-8-9-12)27-18-13-5-2-3-6-14(13)21-16(22-18)15-7-4-10-26-15/h2-7,10-12H,8-9H2,1H3,(H2,20,23,24,25). The van der Waals surface area contributed by atoms with Gasteiger partial charge in [0.2, 0.25) is 5.91 Å². The lowest BCUT2D eigenvalue weighted by Gasteiger charge is -2.13. The van der Waals surface area contributed by atoms with Gasteiger partial charge in [0.1, 0.15) is 5.03 Å². The number of urea groups is 1. The third-order valence-corrected chi connectivity index (χ3v) is 6.08. The summed E-state index contributed by atoms with van der Waals surface area (Å²) in [5, 5.41) is 8.30. The normalized spacial score (nSPS) is 14.7. The summed E-state index contributed by atoms with van der Waals surface area (Å²) < 4.78 is 0. The van der Waals surface area contributed by atoms with E-state index in [0.29, 0.717) is 5.82 Å². The van der Waals surface area contributed by atoms with Crippen LogP contribution in [0.2, 0.25) is 0 Å². The van der Waals surface area contributed by atoms with Crippen LogP contribution in [0.5, 0.6) is 0 Å². The van der Waals surface area contributed by atoms with Crippen LogP contribution in [0.3, 0.4) is 0 Å². The SMILES string of the molecule is CC(Sc1nc(-c2cccs2)nc2ccccc12)C(=O)NC(=O)NC1CC1. The molecule has 4 rings (SSSR count). The van der Waals surface area contributed by atoms with Crippen molar-refractivity contribution >= 4 is 45.9 Å². The van der Waals surface area contributed by atoms with Crippen molar-refractivity contribution in [2.24, 2.45) is 0 Å². The van der Waals surface area contributed by atoms with E-state index in [4.69, 9.17) is 0 Å². The van der Waals surface area contributed by atoms with Crippen LogP contribution in [0.4, 0.5) is 4.79 Å². The Labute approximate surface area is 164 Å². The van der Waals surface area contributed by atoms with Crippen LogP contribution in [-0.4, -0.2) is 33.2 Å². The number of aromatic nitrogens is 2. The Balaban J connectivity index is 1.56. The summed E-state index contributed by atoms with van der Waals surface area (Å²) >= 11 is 2.90. The zero-order valence-electron chi connectivity index (χ0n) is 14.6. The van der Waals surface area contributed by atoms with Crippen LogP contribution in [0.1, 0.15) is 19.8 Å². The first kappa shape index (κ1) is 17.9. The fourth-order valence-corrected chi connectivity index (χ4v) is 4.13. The Morgan fingerprint density at radius 3 is 2.74 bits per heavy atom. The van der Waals surface area contributed by atoms with Gasteiger partial charge in [-0.2, -0.15) is 0 Å². The number of rotatable bonds is 5. The third kappa shape index (κ3) is 4.28. The van der Waals surface area contributed by atoms with Crippen molar-refractivity contribution < 1.29 is 9.59 Å². The average molecular weight is 399 g/mol. The molecule has 138 valence electrons. The van der Waals surface area contributed by atoms with Gasteiger partial charge in [-0.1, -0.05) is 36.0 Å². The largest absolute Gasteiger partial charge is 0.335 e. The number of fused-ring (bicyclic) bond motifs is 1. The molecule has 1 unspecified atom stereocenters. The molecule has 2 N–H and O–H groups in total. The number of imide groups is 1. The van der Waals surface area contributed by atoms with Gasteiger partial charge in [0.15, 0.2) is 5.82 Å². The zero-order chi connectivity index (χ0) is 18.8. The van der Waals surface area contributed by atoms with E-state index in [2.05, 4.69) is 20.6 Å². The van der Waals surface area contributed by atoms with Gasteiger partial charge in [0.05, 0.1) is 15.6 Å². The first-order chi connectivity index (χ1) is 13.1. The molecule has 6 nitrogen and oxygen atoms in total. The summed E-state index contributed by atoms with van der Waals surface area (Å²) in [4.78, 5) is 34.5. The summed E-state index contributed by atoms with van der Waals surface area (Å²) in [5.41, 5.74) is 0.831. The van der Waals surface area contributed by atoms with Crippen LogP contribution < -0.4 is 10.6 Å². The highest BCUT2D eigenvalue weighted by atomic mass is 32.2. The summed E-state index contributed by atoms with van der Waals surface area (Å²) in [6.45, 7) is 1.77. The van der Waals surface area contributed by atoms with Gasteiger partial charge >= 0.3 is 6.03 Å². The lowest BCUT2D eigenvalue weighted by atomic mass is 10.2. The fraction of sp³-hybridized carbons (Fsp3) is 0.263. The number of carbonyl (C=O) groups excluding carboxylic acids is 2. The Hall–Kier alpha value is -2.45. The molecule has 8 heteroatoms. The van der Waals surface area contributed by atoms with Crippen molar-refractivity contribution in [3.05, 3.63) is 41.8 Å². The monoisotopic (exact) mass is 398 g/mol. The quantitative estimate of drug-likeness (QED) is 0.504. The van der Waals surface area contributed by atoms with Gasteiger partial charge in [-0.15, -0.1) is 11.3 Å². The number of thioether (sulfide) groups is 1. The van der Waals surface area contributed by atoms with Crippen LogP contribution in [0, 0.1) is 0 Å². The van der Waals surface area contributed by atoms with Crippen molar-refractivity contribution in [1.29, 1.82) is 0 Å². The number of nitrogens with one attached hydrogen (secondary N) is 2. The molecule has 1 fully saturated rings. The van der Waals surface area contributed by atoms with Gasteiger partial charge < -0.3 is 5.32 Å². The number of hydrogen-bond donors (Lipinski definition) is 2. The van der Waals surface area contributed by atoms with E-state index >= 15 is 0 Å². The Kier molecular flexibility index (Phi) is 5.09. The van der Waals surface area contributed by atoms with E-state index in [-0.39, 0.29) is 11.9 Å². The molecule has 0 aliphatic heterocycles. The molecule has 1 atom stereocenters. The van der Waals surface area contributed by atoms with Gasteiger partial charge in [-0.3, -0.25) is 10.1 Å². The second-order valence-corrected chi connectivity index (χ2v) is 8.62. The Morgan fingerprint density at radius 1 is 1.19 bits per heavy atom. The molecule has 2 aromatic heterocycles. The minimum atomic E-state index is -0.468. The van der Waals surface area contributed by atoms with E-state index in [1.807, 2.05) is 41.8 Å². The number of carbonyl (C=O) groups is 2. The lowest BCUT2D eigenvalue weighted by molar-refractivity contribution is -0.119. The number of benzene rings is 1. The van der Waals surface area contributed by atoms with Crippen molar-refractivity contribution in [1.82, 2.24) is 20.6 Å². The molecule has 27 heavy (non-hydrogen) atoms. The number of amides is 3. The first-order valence-corrected chi connectivity index (χ1v) is 10.4. The van der Waals surface area contributed by atoms with E-state index in [0.717, 1.165) is 33.6 Å². The maximum absolute atomic E-state index is 12.4. The molecule has 3 amide bonds. The predicted molar refractivity (Wildman–Crippen MR) is 108 cm³/mol. The highest BCUT2D eigenvalue weighted by Gasteiger charge is 2.25. The van der Waals surface area contributed by atoms with Crippen LogP contribution in [-0.2, 0) is 4.79 Å². The van der Waals surface area contributed by atoms with E-state index in [1.165, 1.54) is 11.8 Å². The van der Waals surface area contributed by atoms with Gasteiger partial charge in [0, 0.05) is 11.4 Å². The first-order valence-electron chi connectivity index (χ1n) is 8.69. The van der Waals surface area contributed by atoms with Crippen molar-refractivity contribution in [3.8, 4) is 10.7 Å². The Bertz CT molecular complexity index is 987. The second-order valence-electron chi connectivity index (χ2n) is 6.34. The lowest BCUT2D eigenvalue weighted by Crippen LogP contribution is -2.43. The molecule has 0 spiro atoms. The zero-order valence-corrected chi connectivity index (χ0v) is 16.3. The molecule has 0 radical (unpaired) electrons. The average Bonchev–Trinajstić information content (AvgIpc) is 3.29. The molecule has 1 aliphatic carbocycles. The van der Waals surface area contributed by atoms with Gasteiger partial charge in [-0.05, 0) is 37.3 Å². The van der Waals surface area contributed by atoms with Crippen molar-refractivity contribution in [2.45, 2.75) is 36.1 Å². The van der Waals surface area contributed by atoms with E-state index in [9.17, 15) is 9.59 Å². The van der Waals surface area contributed by atoms with Crippen LogP contribution in [0.25, 0.3) is 21.6 Å². The summed E-state index contributed by atoms with van der Waals surface area (Å²) in [7, 11) is 0. The third-order valence-electron chi connectivity index (χ3n) is 4.12. The molecule has 1 aliphatic rings. The Morgan fingerprint density at radius 2 is 2.00 bits per heavy atom. The van der Waals surface area contributed by atoms with Gasteiger partial charge in [0.25, 0.3) is 0 Å². The smallest absolute Gasteiger partial charge is 0.321 e. The number of nitrogens with zero attached hydrogens (tertiary/aromatic N) is 2. The molecular formula is C19H18N4O2S2. The summed E-state index contributed by atoms with van der Waals surface area (Å²) in [6.07, 6.45) is 1.95. The van der Waals surface area contributed by atoms with Crippen molar-refractivity contribution in [3.63, 3.8) is 0 Å². The maximum Gasteiger partial charge on any atom is 0.321 e. The molecule has 1 saturated carbocycles. The molecule has 1 aromatic carbocycles. The number of para-hydroxylation sites is 1. The van der Waals surface area contributed by atoms with Crippen LogP contribution in [0.15, 0.2) is 46.8 Å². The molecule has 3 aromatic rings. The molecule has 0 saturated heterocycles. The fourth-order valence-electron chi connectivity index (χ4n) is 2.54. The van der Waals surface area contributed by atoms with E-state index < -0.39 is 11.3 Å². The van der Waals surface area contributed by atoms with E-state index in [1.54, 1.807) is 18.3 Å². The van der Waals surface area contributed by atoms with Crippen molar-refractivity contribution in [2.75, 3.05) is 0 Å².